The highest BCUT2D eigenvalue weighted by Crippen LogP contribution is 2.09. The van der Waals surface area contributed by atoms with Crippen molar-refractivity contribution in [3.05, 3.63) is 29.8 Å². The summed E-state index contributed by atoms with van der Waals surface area (Å²) in [4.78, 5) is 0. The van der Waals surface area contributed by atoms with Gasteiger partial charge in [-0.2, -0.15) is 0 Å². The Morgan fingerprint density at radius 3 is 2.33 bits per heavy atom. The van der Waals surface area contributed by atoms with Crippen LogP contribution in [0.5, 0.6) is 0 Å². The van der Waals surface area contributed by atoms with E-state index in [2.05, 4.69) is 38.1 Å². The van der Waals surface area contributed by atoms with Crippen LogP contribution in [0, 0.1) is 5.92 Å². The molecule has 0 fully saturated rings. The summed E-state index contributed by atoms with van der Waals surface area (Å²) in [7, 11) is 1.17. The molecule has 0 bridgehead atoms. The molecule has 0 aliphatic carbocycles. The molecule has 0 amide bonds. The van der Waals surface area contributed by atoms with Crippen molar-refractivity contribution in [2.45, 2.75) is 26.7 Å². The van der Waals surface area contributed by atoms with Crippen LogP contribution < -0.4 is 5.19 Å². The van der Waals surface area contributed by atoms with Crippen LogP contribution >= 0.6 is 0 Å². The Morgan fingerprint density at radius 2 is 1.83 bits per heavy atom. The van der Waals surface area contributed by atoms with E-state index >= 15 is 0 Å². The molecule has 0 saturated heterocycles. The largest absolute Gasteiger partial charge is 0.0707 e. The number of hydrogen-bond acceptors (Lipinski definition) is 0. The molecule has 0 radical (unpaired) electrons. The molecular weight excluding hydrogens is 160 g/mol. The van der Waals surface area contributed by atoms with Gasteiger partial charge in [0.05, 0.1) is 0 Å². The molecule has 1 unspecified atom stereocenters. The van der Waals surface area contributed by atoms with Crippen LogP contribution in [0.25, 0.3) is 0 Å². The lowest BCUT2D eigenvalue weighted by molar-refractivity contribution is 0.560. The fraction of sp³-hybridized carbons (Fsp3) is 0.455. The third-order valence-electron chi connectivity index (χ3n) is 2.40. The van der Waals surface area contributed by atoms with Gasteiger partial charge >= 0.3 is 0 Å². The summed E-state index contributed by atoms with van der Waals surface area (Å²) in [5, 5.41) is 1.49. The van der Waals surface area contributed by atoms with E-state index in [1.54, 1.807) is 0 Å². The first-order valence-corrected chi connectivity index (χ1v) is 5.78. The molecule has 1 aromatic carbocycles. The predicted octanol–water partition coefficient (Wildman–Crippen LogP) is 1.27. The van der Waals surface area contributed by atoms with Gasteiger partial charge in [0.25, 0.3) is 0 Å². The summed E-state index contributed by atoms with van der Waals surface area (Å²) >= 11 is 0. The molecule has 0 heterocycles. The minimum absolute atomic E-state index is 0.824. The molecule has 66 valence electrons. The molecule has 12 heavy (non-hydrogen) atoms. The monoisotopic (exact) mass is 178 g/mol. The highest BCUT2D eigenvalue weighted by atomic mass is 28.1. The number of benzene rings is 1. The van der Waals surface area contributed by atoms with Crippen LogP contribution in [0.15, 0.2) is 24.3 Å². The van der Waals surface area contributed by atoms with Crippen molar-refractivity contribution in [2.24, 2.45) is 5.92 Å². The van der Waals surface area contributed by atoms with E-state index in [4.69, 9.17) is 0 Å². The predicted molar refractivity (Wildman–Crippen MR) is 59.2 cm³/mol. The standard InChI is InChI=1S/C11H18Si/c1-3-9(2)8-10-4-6-11(12)7-5-10/h4-7,9H,3,8H2,1-2,12H3. The van der Waals surface area contributed by atoms with E-state index in [0.717, 1.165) is 5.92 Å². The molecule has 0 saturated carbocycles. The summed E-state index contributed by atoms with van der Waals surface area (Å²) in [6.45, 7) is 4.57. The SMILES string of the molecule is CCC(C)Cc1ccc([SiH3])cc1. The average molecular weight is 178 g/mol. The van der Waals surface area contributed by atoms with Crippen molar-refractivity contribution >= 4 is 15.4 Å². The first kappa shape index (κ1) is 9.52. The van der Waals surface area contributed by atoms with Gasteiger partial charge in [0, 0.05) is 10.2 Å². The number of hydrogen-bond donors (Lipinski definition) is 0. The molecule has 0 spiro atoms. The van der Waals surface area contributed by atoms with E-state index in [0.29, 0.717) is 0 Å². The fourth-order valence-electron chi connectivity index (χ4n) is 1.27. The molecule has 0 aliphatic rings. The Hall–Kier alpha value is -0.563. The lowest BCUT2D eigenvalue weighted by Crippen LogP contribution is -2.03. The van der Waals surface area contributed by atoms with Crippen molar-refractivity contribution in [2.75, 3.05) is 0 Å². The van der Waals surface area contributed by atoms with Gasteiger partial charge in [-0.15, -0.1) is 0 Å². The molecule has 1 heteroatoms. The molecule has 1 atom stereocenters. The second-order valence-electron chi connectivity index (χ2n) is 3.70. The van der Waals surface area contributed by atoms with Crippen molar-refractivity contribution < 1.29 is 0 Å². The Bertz CT molecular complexity index is 225. The maximum Gasteiger partial charge on any atom is 0.0384 e. The zero-order valence-electron chi connectivity index (χ0n) is 8.30. The molecule has 1 aromatic rings. The summed E-state index contributed by atoms with van der Waals surface area (Å²) < 4.78 is 0. The van der Waals surface area contributed by atoms with Crippen LogP contribution in [0.1, 0.15) is 25.8 Å². The van der Waals surface area contributed by atoms with Crippen LogP contribution in [0.3, 0.4) is 0 Å². The van der Waals surface area contributed by atoms with Crippen LogP contribution in [0.4, 0.5) is 0 Å². The van der Waals surface area contributed by atoms with Gasteiger partial charge in [0.1, 0.15) is 0 Å². The van der Waals surface area contributed by atoms with E-state index in [1.807, 2.05) is 0 Å². The van der Waals surface area contributed by atoms with Crippen molar-refractivity contribution in [3.8, 4) is 0 Å². The molecule has 0 N–H and O–H groups in total. The average Bonchev–Trinajstić information content (AvgIpc) is 2.09. The van der Waals surface area contributed by atoms with Gasteiger partial charge < -0.3 is 0 Å². The van der Waals surface area contributed by atoms with Gasteiger partial charge in [-0.3, -0.25) is 0 Å². The minimum atomic E-state index is 0.824. The summed E-state index contributed by atoms with van der Waals surface area (Å²) in [5.74, 6) is 0.824. The van der Waals surface area contributed by atoms with Crippen molar-refractivity contribution in [1.29, 1.82) is 0 Å². The van der Waals surface area contributed by atoms with Gasteiger partial charge in [-0.05, 0) is 17.9 Å². The van der Waals surface area contributed by atoms with Crippen LogP contribution in [-0.2, 0) is 6.42 Å². The normalized spacial score (nSPS) is 13.2. The molecular formula is C11H18Si. The van der Waals surface area contributed by atoms with Gasteiger partial charge in [-0.25, -0.2) is 0 Å². The van der Waals surface area contributed by atoms with Crippen molar-refractivity contribution in [1.82, 2.24) is 0 Å². The maximum atomic E-state index is 2.31. The van der Waals surface area contributed by atoms with E-state index < -0.39 is 0 Å². The third kappa shape index (κ3) is 2.82. The van der Waals surface area contributed by atoms with Crippen LogP contribution in [-0.4, -0.2) is 10.2 Å². The quantitative estimate of drug-likeness (QED) is 0.612. The Morgan fingerprint density at radius 1 is 1.25 bits per heavy atom. The van der Waals surface area contributed by atoms with Gasteiger partial charge in [0.15, 0.2) is 0 Å². The Balaban J connectivity index is 2.58. The third-order valence-corrected chi connectivity index (χ3v) is 3.07. The van der Waals surface area contributed by atoms with Crippen molar-refractivity contribution in [3.63, 3.8) is 0 Å². The lowest BCUT2D eigenvalue weighted by atomic mass is 9.99. The number of rotatable bonds is 3. The molecule has 1 rings (SSSR count). The molecule has 0 aliphatic heterocycles. The minimum Gasteiger partial charge on any atom is -0.0707 e. The summed E-state index contributed by atoms with van der Waals surface area (Å²) in [6.07, 6.45) is 2.51. The topological polar surface area (TPSA) is 0 Å². The maximum absolute atomic E-state index is 2.31. The fourth-order valence-corrected chi connectivity index (χ4v) is 1.60. The van der Waals surface area contributed by atoms with Crippen LogP contribution in [0.2, 0.25) is 0 Å². The van der Waals surface area contributed by atoms with E-state index in [9.17, 15) is 0 Å². The molecule has 0 aromatic heterocycles. The second kappa shape index (κ2) is 4.46. The summed E-state index contributed by atoms with van der Waals surface area (Å²) in [6, 6.07) is 9.05. The smallest absolute Gasteiger partial charge is 0.0384 e. The first-order chi connectivity index (χ1) is 5.72. The second-order valence-corrected chi connectivity index (χ2v) is 4.86. The first-order valence-electron chi connectivity index (χ1n) is 4.78. The zero-order valence-corrected chi connectivity index (χ0v) is 10.3. The highest BCUT2D eigenvalue weighted by molar-refractivity contribution is 6.32. The molecule has 0 nitrogen and oxygen atoms in total. The van der Waals surface area contributed by atoms with E-state index in [1.165, 1.54) is 33.8 Å². The Labute approximate surface area is 78.4 Å². The highest BCUT2D eigenvalue weighted by Gasteiger charge is 1.99. The van der Waals surface area contributed by atoms with Gasteiger partial charge in [0.2, 0.25) is 0 Å². The Kier molecular flexibility index (Phi) is 3.54. The van der Waals surface area contributed by atoms with Gasteiger partial charge in [-0.1, -0.05) is 49.7 Å². The van der Waals surface area contributed by atoms with E-state index in [-0.39, 0.29) is 0 Å². The lowest BCUT2D eigenvalue weighted by Gasteiger charge is -2.07. The zero-order chi connectivity index (χ0) is 8.97. The summed E-state index contributed by atoms with van der Waals surface area (Å²) in [5.41, 5.74) is 1.49.